The Kier molecular flexibility index (Phi) is 6.66. The number of hydrogen-bond acceptors (Lipinski definition) is 7. The lowest BCUT2D eigenvalue weighted by molar-refractivity contribution is -0.143. The Morgan fingerprint density at radius 1 is 1.27 bits per heavy atom. The minimum Gasteiger partial charge on any atom is -0.493 e. The van der Waals surface area contributed by atoms with E-state index in [0.29, 0.717) is 62.0 Å². The molecular weight excluding hydrogens is 472 g/mol. The molecule has 1 spiro atoms. The van der Waals surface area contributed by atoms with Crippen LogP contribution in [0.1, 0.15) is 49.6 Å². The summed E-state index contributed by atoms with van der Waals surface area (Å²) in [4.78, 5) is 33.1. The minimum atomic E-state index is -0.315. The summed E-state index contributed by atoms with van der Waals surface area (Å²) < 4.78 is 16.3. The Balaban J connectivity index is 1.34. The first-order valence-corrected chi connectivity index (χ1v) is 12.5. The molecule has 2 aromatic carbocycles. The topological polar surface area (TPSA) is 108 Å². The normalized spacial score (nSPS) is 19.4. The summed E-state index contributed by atoms with van der Waals surface area (Å²) in [5, 5.41) is 6.96. The zero-order valence-corrected chi connectivity index (χ0v) is 20.9. The highest BCUT2D eigenvalue weighted by molar-refractivity contribution is 5.97. The number of aromatic nitrogens is 2. The van der Waals surface area contributed by atoms with E-state index in [4.69, 9.17) is 20.6 Å². The summed E-state index contributed by atoms with van der Waals surface area (Å²) >= 11 is 0. The molecule has 2 atom stereocenters. The predicted molar refractivity (Wildman–Crippen MR) is 135 cm³/mol. The van der Waals surface area contributed by atoms with Gasteiger partial charge in [0.15, 0.2) is 11.5 Å². The second-order valence-electron chi connectivity index (χ2n) is 9.47. The molecule has 37 heavy (non-hydrogen) atoms. The van der Waals surface area contributed by atoms with Gasteiger partial charge in [0, 0.05) is 34.6 Å². The smallest absolute Gasteiger partial charge is 0.305 e. The van der Waals surface area contributed by atoms with Crippen LogP contribution >= 0.6 is 0 Å². The molecule has 1 aliphatic heterocycles. The number of hydrogen-bond donors (Lipinski definition) is 1. The Bertz CT molecular complexity index is 1390. The van der Waals surface area contributed by atoms with Crippen LogP contribution < -0.4 is 10.1 Å². The number of anilines is 1. The molecule has 1 aromatic heterocycles. The Morgan fingerprint density at radius 2 is 2.14 bits per heavy atom. The fourth-order valence-electron chi connectivity index (χ4n) is 5.14. The van der Waals surface area contributed by atoms with Crippen LogP contribution in [0, 0.1) is 19.4 Å². The van der Waals surface area contributed by atoms with Crippen LogP contribution in [0.5, 0.6) is 5.75 Å². The third-order valence-corrected chi connectivity index (χ3v) is 7.10. The van der Waals surface area contributed by atoms with Crippen molar-refractivity contribution in [1.29, 1.82) is 0 Å². The number of ether oxygens (including phenoxy) is 2. The van der Waals surface area contributed by atoms with E-state index in [-0.39, 0.29) is 23.2 Å². The molecule has 1 amide bonds. The van der Waals surface area contributed by atoms with E-state index in [9.17, 15) is 9.59 Å². The summed E-state index contributed by atoms with van der Waals surface area (Å²) in [5.41, 5.74) is 3.42. The van der Waals surface area contributed by atoms with Gasteiger partial charge in [-0.2, -0.15) is 4.98 Å². The van der Waals surface area contributed by atoms with Gasteiger partial charge in [-0.15, -0.1) is 0 Å². The van der Waals surface area contributed by atoms with Crippen molar-refractivity contribution in [3.63, 3.8) is 0 Å². The molecule has 1 saturated carbocycles. The number of rotatable bonds is 8. The fourth-order valence-corrected chi connectivity index (χ4v) is 5.14. The van der Waals surface area contributed by atoms with Crippen molar-refractivity contribution >= 4 is 23.3 Å². The maximum atomic E-state index is 13.5. The predicted octanol–water partition coefficient (Wildman–Crippen LogP) is 5.16. The van der Waals surface area contributed by atoms with Crippen LogP contribution in [0.2, 0.25) is 0 Å². The van der Waals surface area contributed by atoms with Gasteiger partial charge in [0.25, 0.3) is 5.89 Å². The highest BCUT2D eigenvalue weighted by atomic mass is 16.5. The van der Waals surface area contributed by atoms with E-state index in [1.807, 2.05) is 24.3 Å². The van der Waals surface area contributed by atoms with Crippen LogP contribution in [0.4, 0.5) is 11.4 Å². The van der Waals surface area contributed by atoms with Crippen molar-refractivity contribution in [3.05, 3.63) is 64.8 Å². The average molecular weight is 501 g/mol. The van der Waals surface area contributed by atoms with E-state index in [0.717, 1.165) is 28.9 Å². The van der Waals surface area contributed by atoms with Crippen LogP contribution in [0.15, 0.2) is 40.9 Å². The lowest BCUT2D eigenvalue weighted by Crippen LogP contribution is -2.27. The monoisotopic (exact) mass is 500 g/mol. The molecule has 1 fully saturated rings. The molecule has 9 heteroatoms. The second kappa shape index (κ2) is 10.1. The van der Waals surface area contributed by atoms with Crippen molar-refractivity contribution in [1.82, 2.24) is 10.1 Å². The van der Waals surface area contributed by atoms with Crippen molar-refractivity contribution in [2.75, 3.05) is 18.5 Å². The Morgan fingerprint density at radius 3 is 2.89 bits per heavy atom. The summed E-state index contributed by atoms with van der Waals surface area (Å²) in [7, 11) is 0. The Hall–Kier alpha value is -4.19. The number of aryl methyl sites for hydroxylation is 2. The van der Waals surface area contributed by atoms with Crippen molar-refractivity contribution in [2.24, 2.45) is 5.92 Å². The van der Waals surface area contributed by atoms with Gasteiger partial charge in [-0.3, -0.25) is 9.59 Å². The number of esters is 1. The van der Waals surface area contributed by atoms with E-state index in [2.05, 4.69) is 20.3 Å². The van der Waals surface area contributed by atoms with E-state index in [1.165, 1.54) is 0 Å². The maximum Gasteiger partial charge on any atom is 0.305 e. The molecule has 3 aromatic rings. The van der Waals surface area contributed by atoms with Crippen LogP contribution in [-0.2, 0) is 26.2 Å². The summed E-state index contributed by atoms with van der Waals surface area (Å²) in [6.45, 7) is 11.8. The lowest BCUT2D eigenvalue weighted by Gasteiger charge is -2.27. The highest BCUT2D eigenvalue weighted by Crippen LogP contribution is 2.61. The fraction of sp³-hybridized carbons (Fsp3) is 0.393. The Labute approximate surface area is 215 Å². The maximum absolute atomic E-state index is 13.5. The standard InChI is InChI=1S/C28H28N4O5/c1-4-35-25(33)7-5-6-18-8-10-20(29-3)15-23(18)31-26(34)22-16-28(22)12-13-36-24-11-9-19(14-21(24)28)27-30-17(2)32-37-27/h8-11,14-15,22H,4-7,12-13,16H2,1-2H3,(H,31,34)/t22-,28-/m0/s1. The molecular formula is C28H28N4O5. The van der Waals surface area contributed by atoms with E-state index >= 15 is 0 Å². The highest BCUT2D eigenvalue weighted by Gasteiger charge is 2.61. The van der Waals surface area contributed by atoms with Gasteiger partial charge in [-0.25, -0.2) is 4.85 Å². The van der Waals surface area contributed by atoms with Crippen molar-refractivity contribution in [2.45, 2.75) is 51.4 Å². The molecule has 0 radical (unpaired) electrons. The van der Waals surface area contributed by atoms with Crippen LogP contribution in [0.3, 0.4) is 0 Å². The number of amides is 1. The van der Waals surface area contributed by atoms with Gasteiger partial charge in [0.1, 0.15) is 5.75 Å². The van der Waals surface area contributed by atoms with Gasteiger partial charge in [0.2, 0.25) is 5.91 Å². The van der Waals surface area contributed by atoms with Gasteiger partial charge >= 0.3 is 5.97 Å². The first-order chi connectivity index (χ1) is 17.9. The van der Waals surface area contributed by atoms with Crippen molar-refractivity contribution in [3.8, 4) is 17.2 Å². The molecule has 0 unspecified atom stereocenters. The van der Waals surface area contributed by atoms with Crippen LogP contribution in [0.25, 0.3) is 16.3 Å². The third-order valence-electron chi connectivity index (χ3n) is 7.10. The first kappa shape index (κ1) is 24.5. The second-order valence-corrected chi connectivity index (χ2v) is 9.47. The molecule has 1 N–H and O–H groups in total. The van der Waals surface area contributed by atoms with Gasteiger partial charge in [-0.1, -0.05) is 17.3 Å². The van der Waals surface area contributed by atoms with Crippen molar-refractivity contribution < 1.29 is 23.6 Å². The minimum absolute atomic E-state index is 0.0827. The number of nitrogens with zero attached hydrogens (tertiary/aromatic N) is 3. The molecule has 1 aliphatic carbocycles. The lowest BCUT2D eigenvalue weighted by atomic mass is 9.86. The van der Waals surface area contributed by atoms with Crippen LogP contribution in [-0.4, -0.2) is 35.2 Å². The largest absolute Gasteiger partial charge is 0.493 e. The molecule has 9 nitrogen and oxygen atoms in total. The molecule has 2 heterocycles. The summed E-state index contributed by atoms with van der Waals surface area (Å²) in [6, 6.07) is 11.1. The molecule has 0 saturated heterocycles. The summed E-state index contributed by atoms with van der Waals surface area (Å²) in [5.74, 6) is 1.22. The number of fused-ring (bicyclic) bond motifs is 2. The zero-order chi connectivity index (χ0) is 26.0. The summed E-state index contributed by atoms with van der Waals surface area (Å²) in [6.07, 6.45) is 2.93. The SMILES string of the molecule is [C-]#[N+]c1ccc(CCCC(=O)OCC)c(NC(=O)[C@@H]2C[C@]23CCOc2ccc(-c4nc(C)no4)cc23)c1. The molecule has 5 rings (SSSR count). The number of nitrogens with one attached hydrogen (secondary N) is 1. The van der Waals surface area contributed by atoms with Gasteiger partial charge < -0.3 is 19.3 Å². The quantitative estimate of drug-likeness (QED) is 0.336. The average Bonchev–Trinajstić information content (AvgIpc) is 3.45. The van der Waals surface area contributed by atoms with E-state index < -0.39 is 0 Å². The molecule has 190 valence electrons. The molecule has 0 bridgehead atoms. The first-order valence-electron chi connectivity index (χ1n) is 12.5. The number of benzene rings is 2. The van der Waals surface area contributed by atoms with E-state index in [1.54, 1.807) is 26.0 Å². The third kappa shape index (κ3) is 4.92. The van der Waals surface area contributed by atoms with Gasteiger partial charge in [-0.05, 0) is 69.4 Å². The van der Waals surface area contributed by atoms with Gasteiger partial charge in [0.05, 0.1) is 19.8 Å². The molecule has 2 aliphatic rings. The number of carbonyl (C=O) groups excluding carboxylic acids is 2. The zero-order valence-electron chi connectivity index (χ0n) is 20.9. The number of carbonyl (C=O) groups is 2.